The average molecular weight is 597 g/mol. The summed E-state index contributed by atoms with van der Waals surface area (Å²) < 4.78 is 35.6. The Labute approximate surface area is 229 Å². The number of rotatable bonds is 3. The number of H-pyrrole nitrogens is 1. The molecule has 2 aliphatic rings. The molecular formula is C21H26FN10O6PS. The Kier molecular flexibility index (Phi) is 7.02. The number of anilines is 2. The zero-order valence-corrected chi connectivity index (χ0v) is 22.5. The molecule has 0 spiro atoms. The van der Waals surface area contributed by atoms with E-state index in [1.807, 2.05) is 0 Å². The van der Waals surface area contributed by atoms with Gasteiger partial charge in [0.05, 0.1) is 30.9 Å². The number of ether oxygens (including phenoxy) is 1. The Bertz CT molecular complexity index is 1670. The Morgan fingerprint density at radius 1 is 1.25 bits per heavy atom. The molecule has 7 atom stereocenters. The van der Waals surface area contributed by atoms with Gasteiger partial charge >= 0.3 is 6.72 Å². The number of nitrogens with two attached hydrogens (primary N) is 2. The van der Waals surface area contributed by atoms with Crippen LogP contribution in [0.5, 0.6) is 0 Å². The first-order chi connectivity index (χ1) is 19.1. The van der Waals surface area contributed by atoms with Gasteiger partial charge in [-0.15, -0.1) is 0 Å². The van der Waals surface area contributed by atoms with E-state index in [9.17, 15) is 14.8 Å². The third-order valence-corrected chi connectivity index (χ3v) is 8.73. The minimum atomic E-state index is -4.08. The topological polar surface area (TPSA) is 227 Å². The van der Waals surface area contributed by atoms with Crippen LogP contribution in [0.15, 0.2) is 23.6 Å². The number of aromatic nitrogens is 8. The molecule has 6 heterocycles. The number of nitrogen functional groups attached to an aromatic ring is 2. The highest BCUT2D eigenvalue weighted by atomic mass is 32.5. The molecule has 0 aromatic carbocycles. The minimum absolute atomic E-state index is 0.0207. The molecule has 7 N–H and O–H groups in total. The molecule has 2 saturated heterocycles. The van der Waals surface area contributed by atoms with Crippen LogP contribution in [0.4, 0.5) is 16.2 Å². The van der Waals surface area contributed by atoms with Crippen LogP contribution >= 0.6 is 6.72 Å². The fourth-order valence-electron chi connectivity index (χ4n) is 5.24. The van der Waals surface area contributed by atoms with Gasteiger partial charge < -0.3 is 30.7 Å². The summed E-state index contributed by atoms with van der Waals surface area (Å²) in [4.78, 5) is 41.4. The van der Waals surface area contributed by atoms with Crippen molar-refractivity contribution in [2.24, 2.45) is 5.92 Å². The van der Waals surface area contributed by atoms with Crippen LogP contribution in [0.25, 0.3) is 16.8 Å². The van der Waals surface area contributed by atoms with Crippen molar-refractivity contribution in [3.63, 3.8) is 0 Å². The largest absolute Gasteiger partial charge is 0.381 e. The number of imidazole rings is 2. The van der Waals surface area contributed by atoms with E-state index in [1.54, 1.807) is 10.7 Å². The number of alkyl halides is 1. The third kappa shape index (κ3) is 4.96. The number of halogens is 1. The van der Waals surface area contributed by atoms with Crippen molar-refractivity contribution in [2.75, 3.05) is 18.1 Å². The van der Waals surface area contributed by atoms with Gasteiger partial charge in [0.25, 0.3) is 5.56 Å². The molecule has 0 amide bonds. The summed E-state index contributed by atoms with van der Waals surface area (Å²) in [7, 11) is 0. The second-order valence-electron chi connectivity index (χ2n) is 9.69. The first-order valence-electron chi connectivity index (χ1n) is 12.4. The van der Waals surface area contributed by atoms with E-state index in [-0.39, 0.29) is 41.9 Å². The maximum absolute atomic E-state index is 15.6. The highest BCUT2D eigenvalue weighted by Crippen LogP contribution is 2.50. The molecule has 16 nitrogen and oxygen atoms in total. The molecule has 214 valence electrons. The van der Waals surface area contributed by atoms with E-state index in [4.69, 9.17) is 37.1 Å². The van der Waals surface area contributed by atoms with E-state index < -0.39 is 43.0 Å². The lowest BCUT2D eigenvalue weighted by atomic mass is 9.92. The molecule has 19 heteroatoms. The summed E-state index contributed by atoms with van der Waals surface area (Å²) in [5, 5.41) is 15.3. The van der Waals surface area contributed by atoms with Gasteiger partial charge in [0.2, 0.25) is 5.95 Å². The van der Waals surface area contributed by atoms with E-state index in [1.165, 1.54) is 6.33 Å². The smallest absolute Gasteiger partial charge is 0.325 e. The molecule has 0 radical (unpaired) electrons. The third-order valence-electron chi connectivity index (χ3n) is 7.17. The number of aromatic amines is 1. The lowest BCUT2D eigenvalue weighted by molar-refractivity contribution is -0.0624. The summed E-state index contributed by atoms with van der Waals surface area (Å²) >= 11 is 5.18. The summed E-state index contributed by atoms with van der Waals surface area (Å²) in [6.07, 6.45) is -0.479. The number of aliphatic hydroxyl groups is 1. The quantitative estimate of drug-likeness (QED) is 0.203. The number of hydrogen-bond donors (Lipinski definition) is 5. The maximum Gasteiger partial charge on any atom is 0.325 e. The van der Waals surface area contributed by atoms with Crippen LogP contribution < -0.4 is 17.0 Å². The van der Waals surface area contributed by atoms with Crippen LogP contribution in [0, 0.1) is 5.92 Å². The van der Waals surface area contributed by atoms with Crippen molar-refractivity contribution in [2.45, 2.75) is 56.4 Å². The normalized spacial score (nSPS) is 30.7. The summed E-state index contributed by atoms with van der Waals surface area (Å²) in [6.45, 7) is -4.20. The SMILES string of the molecule is Nc1nc2c(ncn2[C@H](O)[C@@H]2OP(O)(=S)OC[C@H]3O[C@@H](c4cnc5c(N)ncnn45)C[C@@H]3CCCC2F)c(=O)[nH]1. The molecule has 6 rings (SSSR count). The highest BCUT2D eigenvalue weighted by Gasteiger charge is 2.42. The first-order valence-corrected chi connectivity index (χ1v) is 15.0. The van der Waals surface area contributed by atoms with Gasteiger partial charge in [-0.1, -0.05) is 6.42 Å². The monoisotopic (exact) mass is 596 g/mol. The average Bonchev–Trinajstić information content (AvgIpc) is 3.62. The van der Waals surface area contributed by atoms with E-state index in [2.05, 4.69) is 30.0 Å². The molecule has 0 aliphatic carbocycles. The van der Waals surface area contributed by atoms with Gasteiger partial charge in [-0.3, -0.25) is 18.9 Å². The number of aliphatic hydroxyl groups excluding tert-OH is 1. The van der Waals surface area contributed by atoms with Crippen molar-refractivity contribution >= 4 is 47.1 Å². The van der Waals surface area contributed by atoms with Crippen molar-refractivity contribution < 1.29 is 28.2 Å². The van der Waals surface area contributed by atoms with E-state index in [0.717, 1.165) is 10.9 Å². The van der Waals surface area contributed by atoms with Gasteiger partial charge in [0.1, 0.15) is 24.7 Å². The molecule has 40 heavy (non-hydrogen) atoms. The number of nitrogens with zero attached hydrogens (tertiary/aromatic N) is 7. The van der Waals surface area contributed by atoms with E-state index >= 15 is 4.39 Å². The Morgan fingerprint density at radius 2 is 2.08 bits per heavy atom. The Morgan fingerprint density at radius 3 is 2.90 bits per heavy atom. The van der Waals surface area contributed by atoms with Gasteiger partial charge in [-0.05, 0) is 37.0 Å². The van der Waals surface area contributed by atoms with Crippen LogP contribution in [0.1, 0.15) is 43.7 Å². The summed E-state index contributed by atoms with van der Waals surface area (Å²) in [5.41, 5.74) is 11.8. The van der Waals surface area contributed by atoms with Crippen molar-refractivity contribution in [1.29, 1.82) is 0 Å². The van der Waals surface area contributed by atoms with Gasteiger partial charge in [-0.25, -0.2) is 23.9 Å². The van der Waals surface area contributed by atoms with Crippen molar-refractivity contribution in [3.05, 3.63) is 34.9 Å². The fourth-order valence-corrected chi connectivity index (χ4v) is 6.66. The van der Waals surface area contributed by atoms with Crippen molar-refractivity contribution in [1.82, 2.24) is 39.1 Å². The van der Waals surface area contributed by atoms with Gasteiger partial charge in [-0.2, -0.15) is 10.1 Å². The van der Waals surface area contributed by atoms with Crippen LogP contribution in [-0.4, -0.2) is 74.1 Å². The second-order valence-corrected chi connectivity index (χ2v) is 12.5. The predicted molar refractivity (Wildman–Crippen MR) is 141 cm³/mol. The lowest BCUT2D eigenvalue weighted by Crippen LogP contribution is -2.35. The van der Waals surface area contributed by atoms with Gasteiger partial charge in [0.15, 0.2) is 28.9 Å². The maximum atomic E-state index is 15.6. The molecule has 4 aromatic heterocycles. The van der Waals surface area contributed by atoms with Gasteiger partial charge in [0, 0.05) is 0 Å². The minimum Gasteiger partial charge on any atom is -0.381 e. The lowest BCUT2D eigenvalue weighted by Gasteiger charge is -2.30. The predicted octanol–water partition coefficient (Wildman–Crippen LogP) is 0.500. The fraction of sp³-hybridized carbons (Fsp3) is 0.524. The second kappa shape index (κ2) is 10.4. The molecule has 0 saturated carbocycles. The molecule has 2 unspecified atom stereocenters. The zero-order valence-electron chi connectivity index (χ0n) is 20.8. The first kappa shape index (κ1) is 27.1. The zero-order chi connectivity index (χ0) is 28.2. The Balaban J connectivity index is 1.22. The number of nitrogens with one attached hydrogen (secondary N) is 1. The summed E-state index contributed by atoms with van der Waals surface area (Å²) in [5.74, 6) is -0.0433. The van der Waals surface area contributed by atoms with Crippen LogP contribution in [0.3, 0.4) is 0 Å². The number of fused-ring (bicyclic) bond motifs is 3. The number of hydrogen-bond acceptors (Lipinski definition) is 13. The van der Waals surface area contributed by atoms with Crippen LogP contribution in [-0.2, 0) is 25.6 Å². The van der Waals surface area contributed by atoms with Crippen molar-refractivity contribution in [3.8, 4) is 0 Å². The molecule has 2 fully saturated rings. The van der Waals surface area contributed by atoms with Crippen LogP contribution in [0.2, 0.25) is 0 Å². The molecule has 2 aliphatic heterocycles. The highest BCUT2D eigenvalue weighted by molar-refractivity contribution is 8.07. The Hall–Kier alpha value is -3.12. The standard InChI is InChI=1S/C21H26FN10O6PS/c22-10-3-1-2-9-4-12(11-5-25-18-16(23)26-7-28-32(11)18)37-13(9)6-36-39(35,40)38-15(10)20(34)31-8-27-14-17(31)29-21(24)30-19(14)33/h5,7-10,12-13,15,20,34H,1-4,6H2,(H,35,40)(H2,23,26,28)(H3,24,29,30,33)/t9-,10?,12+,13+,15+,20+,39?/m0/s1. The van der Waals surface area contributed by atoms with E-state index in [0.29, 0.717) is 30.6 Å². The summed E-state index contributed by atoms with van der Waals surface area (Å²) in [6, 6.07) is 0. The molecule has 0 bridgehead atoms. The molecular weight excluding hydrogens is 570 g/mol. The molecule has 4 aromatic rings.